The van der Waals surface area contributed by atoms with E-state index >= 15 is 0 Å². The number of rotatable bonds is 5. The van der Waals surface area contributed by atoms with E-state index in [1.807, 2.05) is 6.92 Å². The van der Waals surface area contributed by atoms with Gasteiger partial charge in [0.1, 0.15) is 5.69 Å². The molecule has 0 bridgehead atoms. The van der Waals surface area contributed by atoms with Gasteiger partial charge < -0.3 is 19.0 Å². The smallest absolute Gasteiger partial charge is 0.373 e. The molecule has 0 saturated carbocycles. The largest absolute Gasteiger partial charge is 0.475 e. The normalized spacial score (nSPS) is 23.4. The molecule has 1 saturated heterocycles. The fourth-order valence-corrected chi connectivity index (χ4v) is 2.26. The zero-order valence-electron chi connectivity index (χ0n) is 10.5. The van der Waals surface area contributed by atoms with Crippen LogP contribution in [0.5, 0.6) is 0 Å². The Morgan fingerprint density at radius 3 is 3.00 bits per heavy atom. The monoisotopic (exact) mass is 255 g/mol. The first-order valence-corrected chi connectivity index (χ1v) is 6.00. The van der Waals surface area contributed by atoms with Crippen molar-refractivity contribution in [3.05, 3.63) is 17.3 Å². The van der Waals surface area contributed by atoms with Crippen molar-refractivity contribution in [3.8, 4) is 0 Å². The number of hydrogen-bond donors (Lipinski definition) is 1. The fourth-order valence-electron chi connectivity index (χ4n) is 2.26. The molecular weight excluding hydrogens is 238 g/mol. The number of aromatic nitrogens is 1. The molecule has 1 aliphatic heterocycles. The Hall–Kier alpha value is -1.40. The van der Waals surface area contributed by atoms with Crippen LogP contribution in [0, 0.1) is 0 Å². The van der Waals surface area contributed by atoms with Crippen molar-refractivity contribution in [2.45, 2.75) is 38.4 Å². The van der Waals surface area contributed by atoms with E-state index < -0.39 is 5.97 Å². The van der Waals surface area contributed by atoms with E-state index in [-0.39, 0.29) is 24.4 Å². The van der Waals surface area contributed by atoms with Crippen LogP contribution in [0.15, 0.2) is 4.42 Å². The molecule has 0 aromatic carbocycles. The number of methoxy groups -OCH3 is 1. The second-order valence-corrected chi connectivity index (χ2v) is 4.28. The number of ether oxygens (including phenoxy) is 2. The Balaban J connectivity index is 2.28. The first-order valence-electron chi connectivity index (χ1n) is 6.00. The average Bonchev–Trinajstić information content (AvgIpc) is 2.94. The summed E-state index contributed by atoms with van der Waals surface area (Å²) in [5.41, 5.74) is 0.335. The minimum absolute atomic E-state index is 0.0405. The molecule has 18 heavy (non-hydrogen) atoms. The molecule has 0 amide bonds. The van der Waals surface area contributed by atoms with Crippen molar-refractivity contribution in [1.82, 2.24) is 4.98 Å². The van der Waals surface area contributed by atoms with Gasteiger partial charge in [-0.3, -0.25) is 0 Å². The van der Waals surface area contributed by atoms with Crippen molar-refractivity contribution in [2.75, 3.05) is 13.7 Å². The van der Waals surface area contributed by atoms with Gasteiger partial charge >= 0.3 is 5.97 Å². The van der Waals surface area contributed by atoms with Gasteiger partial charge in [-0.1, -0.05) is 6.92 Å². The summed E-state index contributed by atoms with van der Waals surface area (Å²) in [6, 6.07) is 0. The van der Waals surface area contributed by atoms with Crippen LogP contribution in [0.1, 0.15) is 47.8 Å². The fraction of sp³-hybridized carbons (Fsp3) is 0.667. The number of carboxylic acids is 1. The summed E-state index contributed by atoms with van der Waals surface area (Å²) in [5, 5.41) is 9.05. The summed E-state index contributed by atoms with van der Waals surface area (Å²) in [5.74, 6) is -0.760. The average molecular weight is 255 g/mol. The van der Waals surface area contributed by atoms with Crippen LogP contribution in [0.3, 0.4) is 0 Å². The van der Waals surface area contributed by atoms with E-state index in [4.69, 9.17) is 19.0 Å². The third kappa shape index (κ3) is 2.39. The summed E-state index contributed by atoms with van der Waals surface area (Å²) in [4.78, 5) is 15.3. The molecular formula is C12H17NO5. The number of carbonyl (C=O) groups is 1. The highest BCUT2D eigenvalue weighted by molar-refractivity contribution is 5.85. The van der Waals surface area contributed by atoms with Gasteiger partial charge in [0.25, 0.3) is 0 Å². The van der Waals surface area contributed by atoms with Crippen molar-refractivity contribution in [1.29, 1.82) is 0 Å². The molecule has 100 valence electrons. The van der Waals surface area contributed by atoms with Crippen LogP contribution in [0.4, 0.5) is 0 Å². The molecule has 2 unspecified atom stereocenters. The Morgan fingerprint density at radius 2 is 2.39 bits per heavy atom. The van der Waals surface area contributed by atoms with Crippen molar-refractivity contribution < 1.29 is 23.8 Å². The molecule has 2 rings (SSSR count). The Morgan fingerprint density at radius 1 is 1.61 bits per heavy atom. The first kappa shape index (κ1) is 13.0. The Labute approximate surface area is 105 Å². The van der Waals surface area contributed by atoms with Gasteiger partial charge in [0.15, 0.2) is 0 Å². The molecule has 2 atom stereocenters. The maximum Gasteiger partial charge on any atom is 0.373 e. The van der Waals surface area contributed by atoms with Gasteiger partial charge in [0.05, 0.1) is 18.6 Å². The third-order valence-electron chi connectivity index (χ3n) is 3.12. The molecule has 6 heteroatoms. The van der Waals surface area contributed by atoms with Crippen molar-refractivity contribution in [3.63, 3.8) is 0 Å². The SMILES string of the molecule is CCC1OCCC1c1nc(COC)c(C(=O)O)o1. The molecule has 0 radical (unpaired) electrons. The Bertz CT molecular complexity index is 428. The molecule has 2 heterocycles. The third-order valence-corrected chi connectivity index (χ3v) is 3.12. The van der Waals surface area contributed by atoms with Gasteiger partial charge in [-0.15, -0.1) is 0 Å². The predicted molar refractivity (Wildman–Crippen MR) is 61.6 cm³/mol. The molecule has 6 nitrogen and oxygen atoms in total. The second kappa shape index (κ2) is 5.49. The van der Waals surface area contributed by atoms with E-state index in [0.717, 1.165) is 12.8 Å². The minimum Gasteiger partial charge on any atom is -0.475 e. The molecule has 0 aliphatic carbocycles. The zero-order chi connectivity index (χ0) is 13.1. The van der Waals surface area contributed by atoms with Gasteiger partial charge in [0.2, 0.25) is 11.7 Å². The van der Waals surface area contributed by atoms with E-state index in [0.29, 0.717) is 18.2 Å². The van der Waals surface area contributed by atoms with E-state index in [1.54, 1.807) is 0 Å². The molecule has 1 N–H and O–H groups in total. The maximum absolute atomic E-state index is 11.1. The van der Waals surface area contributed by atoms with E-state index in [9.17, 15) is 4.79 Å². The topological polar surface area (TPSA) is 81.8 Å². The summed E-state index contributed by atoms with van der Waals surface area (Å²) in [6.45, 7) is 2.82. The number of carboxylic acid groups (broad SMARTS) is 1. The minimum atomic E-state index is -1.12. The summed E-state index contributed by atoms with van der Waals surface area (Å²) in [6.07, 6.45) is 1.72. The van der Waals surface area contributed by atoms with E-state index in [2.05, 4.69) is 4.98 Å². The quantitative estimate of drug-likeness (QED) is 0.864. The number of nitrogens with zero attached hydrogens (tertiary/aromatic N) is 1. The van der Waals surface area contributed by atoms with E-state index in [1.165, 1.54) is 7.11 Å². The lowest BCUT2D eigenvalue weighted by molar-refractivity contribution is 0.0648. The lowest BCUT2D eigenvalue weighted by atomic mass is 10.00. The zero-order valence-corrected chi connectivity index (χ0v) is 10.5. The highest BCUT2D eigenvalue weighted by Crippen LogP contribution is 2.33. The number of oxazole rings is 1. The highest BCUT2D eigenvalue weighted by Gasteiger charge is 2.33. The molecule has 1 aliphatic rings. The van der Waals surface area contributed by atoms with Gasteiger partial charge in [-0.2, -0.15) is 0 Å². The standard InChI is InChI=1S/C12H17NO5/c1-3-9-7(4-5-17-9)11-13-8(6-16-2)10(18-11)12(14)15/h7,9H,3-6H2,1-2H3,(H,14,15). The molecule has 1 aromatic heterocycles. The van der Waals surface area contributed by atoms with Crippen LogP contribution in [0.25, 0.3) is 0 Å². The number of aromatic carboxylic acids is 1. The summed E-state index contributed by atoms with van der Waals surface area (Å²) < 4.78 is 15.9. The summed E-state index contributed by atoms with van der Waals surface area (Å²) in [7, 11) is 1.49. The van der Waals surface area contributed by atoms with Crippen LogP contribution >= 0.6 is 0 Å². The van der Waals surface area contributed by atoms with Crippen LogP contribution in [-0.4, -0.2) is 35.9 Å². The molecule has 1 fully saturated rings. The lowest BCUT2D eigenvalue weighted by Crippen LogP contribution is -2.13. The Kier molecular flexibility index (Phi) is 3.98. The van der Waals surface area contributed by atoms with Crippen molar-refractivity contribution >= 4 is 5.97 Å². The summed E-state index contributed by atoms with van der Waals surface area (Å²) >= 11 is 0. The van der Waals surface area contributed by atoms with Gasteiger partial charge in [0, 0.05) is 13.7 Å². The second-order valence-electron chi connectivity index (χ2n) is 4.28. The van der Waals surface area contributed by atoms with Gasteiger partial charge in [-0.05, 0) is 12.8 Å². The first-order chi connectivity index (χ1) is 8.67. The van der Waals surface area contributed by atoms with Crippen LogP contribution in [-0.2, 0) is 16.1 Å². The van der Waals surface area contributed by atoms with Crippen molar-refractivity contribution in [2.24, 2.45) is 0 Å². The van der Waals surface area contributed by atoms with Crippen LogP contribution < -0.4 is 0 Å². The number of hydrogen-bond acceptors (Lipinski definition) is 5. The lowest BCUT2D eigenvalue weighted by Gasteiger charge is -2.12. The highest BCUT2D eigenvalue weighted by atomic mass is 16.5. The predicted octanol–water partition coefficient (Wildman–Crippen LogP) is 1.80. The molecule has 0 spiro atoms. The molecule has 1 aromatic rings. The van der Waals surface area contributed by atoms with Crippen LogP contribution in [0.2, 0.25) is 0 Å². The van der Waals surface area contributed by atoms with Gasteiger partial charge in [-0.25, -0.2) is 9.78 Å². The maximum atomic E-state index is 11.1.